The molecule has 9 heteroatoms. The van der Waals surface area contributed by atoms with Gasteiger partial charge in [0, 0.05) is 0 Å². The van der Waals surface area contributed by atoms with Crippen LogP contribution in [0.2, 0.25) is 0 Å². The van der Waals surface area contributed by atoms with Crippen LogP contribution in [-0.4, -0.2) is 28.7 Å². The molecule has 27 heavy (non-hydrogen) atoms. The maximum atomic E-state index is 12.2. The first-order valence-corrected chi connectivity index (χ1v) is 9.56. The highest BCUT2D eigenvalue weighted by Crippen LogP contribution is 2.33. The van der Waals surface area contributed by atoms with Crippen LogP contribution in [0.15, 0.2) is 48.5 Å². The first-order chi connectivity index (χ1) is 12.9. The van der Waals surface area contributed by atoms with Gasteiger partial charge in [-0.3, -0.25) is 0 Å². The zero-order valence-electron chi connectivity index (χ0n) is 15.3. The van der Waals surface area contributed by atoms with Gasteiger partial charge in [-0.2, -0.15) is 13.1 Å². The number of carbonyl (C=O) groups excluding carboxylic acids is 1. The van der Waals surface area contributed by atoms with E-state index in [0.717, 1.165) is 5.56 Å². The summed E-state index contributed by atoms with van der Waals surface area (Å²) < 4.78 is 44.1. The van der Waals surface area contributed by atoms with E-state index in [0.29, 0.717) is 17.1 Å². The van der Waals surface area contributed by atoms with E-state index < -0.39 is 22.3 Å². The second kappa shape index (κ2) is 9.24. The minimum Gasteiger partial charge on any atom is -0.496 e. The lowest BCUT2D eigenvalue weighted by molar-refractivity contribution is 0.146. The summed E-state index contributed by atoms with van der Waals surface area (Å²) in [4.78, 5) is 11.8. The molecule has 146 valence electrons. The predicted octanol–water partition coefficient (Wildman–Crippen LogP) is 2.53. The number of rotatable bonds is 8. The maximum absolute atomic E-state index is 12.2. The largest absolute Gasteiger partial charge is 0.496 e. The molecule has 1 atom stereocenters. The van der Waals surface area contributed by atoms with Crippen LogP contribution in [0.5, 0.6) is 11.5 Å². The highest BCUT2D eigenvalue weighted by molar-refractivity contribution is 7.88. The first-order valence-electron chi connectivity index (χ1n) is 8.08. The van der Waals surface area contributed by atoms with E-state index in [1.807, 2.05) is 10.8 Å². The molecule has 0 aromatic heterocycles. The molecule has 0 saturated heterocycles. The van der Waals surface area contributed by atoms with Gasteiger partial charge in [-0.15, -0.1) is 0 Å². The van der Waals surface area contributed by atoms with Crippen molar-refractivity contribution in [2.45, 2.75) is 19.6 Å². The third kappa shape index (κ3) is 5.87. The number of methoxy groups -OCH3 is 2. The van der Waals surface area contributed by atoms with E-state index in [9.17, 15) is 13.2 Å². The molecular weight excluding hydrogens is 372 g/mol. The van der Waals surface area contributed by atoms with Crippen LogP contribution in [0.1, 0.15) is 24.1 Å². The second-order valence-electron chi connectivity index (χ2n) is 5.58. The number of hydrogen-bond acceptors (Lipinski definition) is 6. The average molecular weight is 394 g/mol. The smallest absolute Gasteiger partial charge is 0.422 e. The molecule has 0 heterocycles. The van der Waals surface area contributed by atoms with Gasteiger partial charge in [0.15, 0.2) is 0 Å². The summed E-state index contributed by atoms with van der Waals surface area (Å²) in [6.45, 7) is 1.56. The third-order valence-corrected chi connectivity index (χ3v) is 4.76. The zero-order valence-corrected chi connectivity index (χ0v) is 16.1. The van der Waals surface area contributed by atoms with Crippen molar-refractivity contribution in [3.8, 4) is 11.5 Å². The molecule has 2 rings (SSSR count). The Balaban J connectivity index is 2.02. The summed E-state index contributed by atoms with van der Waals surface area (Å²) in [5.74, 6) is 0.910. The van der Waals surface area contributed by atoms with Gasteiger partial charge < -0.3 is 14.2 Å². The first kappa shape index (κ1) is 20.5. The number of benzene rings is 2. The molecule has 1 unspecified atom stereocenters. The van der Waals surface area contributed by atoms with E-state index in [1.165, 1.54) is 14.2 Å². The number of hydrogen-bond donors (Lipinski definition) is 2. The van der Waals surface area contributed by atoms with Gasteiger partial charge in [0.2, 0.25) is 0 Å². The lowest BCUT2D eigenvalue weighted by atomic mass is 10.1. The van der Waals surface area contributed by atoms with E-state index >= 15 is 0 Å². The second-order valence-corrected chi connectivity index (χ2v) is 7.03. The molecule has 0 aliphatic heterocycles. The molecule has 0 fully saturated rings. The molecule has 8 nitrogen and oxygen atoms in total. The van der Waals surface area contributed by atoms with Crippen molar-refractivity contribution >= 4 is 16.3 Å². The normalized spacial score (nSPS) is 12.1. The molecule has 1 amide bonds. The van der Waals surface area contributed by atoms with Gasteiger partial charge in [-0.05, 0) is 24.6 Å². The Morgan fingerprint density at radius 2 is 1.59 bits per heavy atom. The maximum Gasteiger partial charge on any atom is 0.422 e. The van der Waals surface area contributed by atoms with E-state index in [4.69, 9.17) is 14.2 Å². The van der Waals surface area contributed by atoms with Gasteiger partial charge in [0.05, 0.1) is 25.8 Å². The van der Waals surface area contributed by atoms with Crippen molar-refractivity contribution in [2.24, 2.45) is 0 Å². The highest BCUT2D eigenvalue weighted by atomic mass is 32.2. The third-order valence-electron chi connectivity index (χ3n) is 3.66. The van der Waals surface area contributed by atoms with Crippen LogP contribution < -0.4 is 18.9 Å². The summed E-state index contributed by atoms with van der Waals surface area (Å²) >= 11 is 0. The van der Waals surface area contributed by atoms with Crippen LogP contribution >= 0.6 is 0 Å². The number of amides is 1. The van der Waals surface area contributed by atoms with Crippen LogP contribution in [0, 0.1) is 0 Å². The number of nitrogens with one attached hydrogen (secondary N) is 2. The Morgan fingerprint density at radius 3 is 2.15 bits per heavy atom. The molecule has 0 aliphatic carbocycles. The minimum absolute atomic E-state index is 0.0436. The fraction of sp³-hybridized carbons (Fsp3) is 0.278. The summed E-state index contributed by atoms with van der Waals surface area (Å²) in [7, 11) is -1.23. The van der Waals surface area contributed by atoms with E-state index in [2.05, 4.69) is 4.72 Å². The molecule has 2 aromatic rings. The standard InChI is InChI=1S/C18H22N2O6S/c1-13(17-15(24-2)10-7-11-16(17)25-3)19-27(22,23)20-18(21)26-12-14-8-5-4-6-9-14/h4-11,13,19H,12H2,1-3H3,(H,20,21). The fourth-order valence-electron chi connectivity index (χ4n) is 2.49. The van der Waals surface area contributed by atoms with Gasteiger partial charge in [-0.1, -0.05) is 36.4 Å². The van der Waals surface area contributed by atoms with Crippen molar-refractivity contribution in [3.05, 3.63) is 59.7 Å². The lowest BCUT2D eigenvalue weighted by Crippen LogP contribution is -2.41. The molecule has 0 radical (unpaired) electrons. The number of ether oxygens (including phenoxy) is 3. The summed E-state index contributed by atoms with van der Waals surface area (Å²) in [6, 6.07) is 13.3. The van der Waals surface area contributed by atoms with Crippen molar-refractivity contribution in [2.75, 3.05) is 14.2 Å². The highest BCUT2D eigenvalue weighted by Gasteiger charge is 2.23. The topological polar surface area (TPSA) is 103 Å². The Labute approximate surface area is 158 Å². The zero-order chi connectivity index (χ0) is 19.9. The summed E-state index contributed by atoms with van der Waals surface area (Å²) in [6.07, 6.45) is -1.08. The molecule has 2 N–H and O–H groups in total. The Kier molecular flexibility index (Phi) is 7.03. The predicted molar refractivity (Wildman–Crippen MR) is 99.8 cm³/mol. The van der Waals surface area contributed by atoms with Crippen LogP contribution in [0.25, 0.3) is 0 Å². The van der Waals surface area contributed by atoms with Crippen molar-refractivity contribution < 1.29 is 27.4 Å². The Hall–Kier alpha value is -2.78. The average Bonchev–Trinajstić information content (AvgIpc) is 2.65. The van der Waals surface area contributed by atoms with E-state index in [-0.39, 0.29) is 6.61 Å². The Morgan fingerprint density at radius 1 is 1.00 bits per heavy atom. The summed E-state index contributed by atoms with van der Waals surface area (Å²) in [5.41, 5.74) is 1.25. The van der Waals surface area contributed by atoms with Gasteiger partial charge in [0.1, 0.15) is 18.1 Å². The molecule has 0 aliphatic rings. The lowest BCUT2D eigenvalue weighted by Gasteiger charge is -2.20. The van der Waals surface area contributed by atoms with Gasteiger partial charge >= 0.3 is 16.3 Å². The summed E-state index contributed by atoms with van der Waals surface area (Å²) in [5, 5.41) is 0. The van der Waals surface area contributed by atoms with Crippen LogP contribution in [0.3, 0.4) is 0 Å². The molecule has 0 saturated carbocycles. The SMILES string of the molecule is COc1cccc(OC)c1C(C)NS(=O)(=O)NC(=O)OCc1ccccc1. The molecular formula is C18H22N2O6S. The number of carbonyl (C=O) groups is 1. The minimum atomic E-state index is -4.17. The van der Waals surface area contributed by atoms with E-state index in [1.54, 1.807) is 49.4 Å². The van der Waals surface area contributed by atoms with Crippen molar-refractivity contribution in [3.63, 3.8) is 0 Å². The molecule has 2 aromatic carbocycles. The van der Waals surface area contributed by atoms with Crippen LogP contribution in [-0.2, 0) is 21.6 Å². The van der Waals surface area contributed by atoms with Gasteiger partial charge in [0.25, 0.3) is 0 Å². The fourth-order valence-corrected chi connectivity index (χ4v) is 3.41. The monoisotopic (exact) mass is 394 g/mol. The van der Waals surface area contributed by atoms with Crippen molar-refractivity contribution in [1.82, 2.24) is 9.44 Å². The quantitative estimate of drug-likeness (QED) is 0.713. The van der Waals surface area contributed by atoms with Gasteiger partial charge in [-0.25, -0.2) is 9.52 Å². The molecule has 0 bridgehead atoms. The Bertz CT molecular complexity index is 848. The molecule has 0 spiro atoms. The van der Waals surface area contributed by atoms with Crippen molar-refractivity contribution in [1.29, 1.82) is 0 Å². The van der Waals surface area contributed by atoms with Crippen LogP contribution in [0.4, 0.5) is 4.79 Å².